The van der Waals surface area contributed by atoms with E-state index in [9.17, 15) is 5.11 Å². The van der Waals surface area contributed by atoms with Gasteiger partial charge in [-0.1, -0.05) is 24.6 Å². The van der Waals surface area contributed by atoms with Crippen molar-refractivity contribution in [3.05, 3.63) is 29.8 Å². The van der Waals surface area contributed by atoms with Crippen molar-refractivity contribution in [2.75, 3.05) is 6.54 Å². The highest BCUT2D eigenvalue weighted by Crippen LogP contribution is 2.15. The summed E-state index contributed by atoms with van der Waals surface area (Å²) in [5, 5.41) is 12.9. The molecule has 0 bridgehead atoms. The number of para-hydroxylation sites is 1. The topological polar surface area (TPSA) is 44.6 Å². The van der Waals surface area contributed by atoms with Crippen LogP contribution in [-0.2, 0) is 6.54 Å². The van der Waals surface area contributed by atoms with Gasteiger partial charge in [-0.05, 0) is 18.9 Å². The van der Waals surface area contributed by atoms with Crippen LogP contribution in [0.1, 0.15) is 31.2 Å². The van der Waals surface area contributed by atoms with Crippen LogP contribution in [0.4, 0.5) is 0 Å². The van der Waals surface area contributed by atoms with Crippen LogP contribution >= 0.6 is 0 Å². The maximum absolute atomic E-state index is 9.62. The van der Waals surface area contributed by atoms with Crippen LogP contribution in [0, 0.1) is 0 Å². The molecule has 3 nitrogen and oxygen atoms in total. The maximum atomic E-state index is 9.62. The smallest absolute Gasteiger partial charge is 0.120 e. The van der Waals surface area contributed by atoms with Gasteiger partial charge in [0.05, 0.1) is 5.84 Å². The van der Waals surface area contributed by atoms with Crippen molar-refractivity contribution in [1.82, 2.24) is 5.32 Å². The average molecular weight is 218 g/mol. The Kier molecular flexibility index (Phi) is 3.81. The molecule has 0 fully saturated rings. The van der Waals surface area contributed by atoms with Gasteiger partial charge in [0.2, 0.25) is 0 Å². The van der Waals surface area contributed by atoms with Crippen LogP contribution < -0.4 is 5.32 Å². The Morgan fingerprint density at radius 1 is 1.19 bits per heavy atom. The average Bonchev–Trinajstić information content (AvgIpc) is 2.56. The van der Waals surface area contributed by atoms with Crippen LogP contribution in [0.3, 0.4) is 0 Å². The molecule has 2 rings (SSSR count). The Bertz CT molecular complexity index is 374. The predicted molar refractivity (Wildman–Crippen MR) is 65.7 cm³/mol. The van der Waals surface area contributed by atoms with Crippen molar-refractivity contribution in [2.45, 2.75) is 32.2 Å². The molecule has 0 unspecified atom stereocenters. The van der Waals surface area contributed by atoms with Gasteiger partial charge in [0.1, 0.15) is 5.75 Å². The van der Waals surface area contributed by atoms with E-state index in [1.54, 1.807) is 6.07 Å². The van der Waals surface area contributed by atoms with Gasteiger partial charge >= 0.3 is 0 Å². The highest BCUT2D eigenvalue weighted by atomic mass is 16.3. The lowest BCUT2D eigenvalue weighted by molar-refractivity contribution is 0.467. The Hall–Kier alpha value is -1.51. The summed E-state index contributed by atoms with van der Waals surface area (Å²) in [5.74, 6) is 1.44. The van der Waals surface area contributed by atoms with Gasteiger partial charge < -0.3 is 10.4 Å². The molecule has 0 spiro atoms. The molecule has 86 valence electrons. The fourth-order valence-electron chi connectivity index (χ4n) is 1.88. The van der Waals surface area contributed by atoms with Crippen LogP contribution in [0.2, 0.25) is 0 Å². The molecule has 1 aromatic rings. The van der Waals surface area contributed by atoms with E-state index in [1.807, 2.05) is 18.2 Å². The molecule has 0 amide bonds. The molecule has 0 radical (unpaired) electrons. The van der Waals surface area contributed by atoms with Gasteiger partial charge in [0, 0.05) is 25.1 Å². The number of aliphatic imine (C=N–C) groups is 1. The van der Waals surface area contributed by atoms with Gasteiger partial charge in [0.15, 0.2) is 0 Å². The number of nitrogens with one attached hydrogen (secondary N) is 1. The van der Waals surface area contributed by atoms with E-state index in [-0.39, 0.29) is 0 Å². The highest BCUT2D eigenvalue weighted by Gasteiger charge is 2.05. The second-order valence-corrected chi connectivity index (χ2v) is 4.12. The third-order valence-corrected chi connectivity index (χ3v) is 2.85. The number of hydrogen-bond acceptors (Lipinski definition) is 3. The molecule has 2 N–H and O–H groups in total. The van der Waals surface area contributed by atoms with Crippen molar-refractivity contribution in [2.24, 2.45) is 4.99 Å². The molecule has 0 saturated carbocycles. The number of amidine groups is 1. The predicted octanol–water partition coefficient (Wildman–Crippen LogP) is 2.45. The molecule has 0 atom stereocenters. The molecule has 1 aliphatic rings. The van der Waals surface area contributed by atoms with E-state index in [4.69, 9.17) is 0 Å². The van der Waals surface area contributed by atoms with Crippen LogP contribution in [0.5, 0.6) is 5.75 Å². The lowest BCUT2D eigenvalue weighted by atomic mass is 10.2. The first-order valence-corrected chi connectivity index (χ1v) is 5.90. The Labute approximate surface area is 96.2 Å². The van der Waals surface area contributed by atoms with Gasteiger partial charge in [-0.3, -0.25) is 4.99 Å². The summed E-state index contributed by atoms with van der Waals surface area (Å²) in [7, 11) is 0. The van der Waals surface area contributed by atoms with E-state index in [0.717, 1.165) is 24.4 Å². The third-order valence-electron chi connectivity index (χ3n) is 2.85. The van der Waals surface area contributed by atoms with Crippen LogP contribution in [0.15, 0.2) is 29.3 Å². The molecule has 16 heavy (non-hydrogen) atoms. The number of benzene rings is 1. The molecule has 0 saturated heterocycles. The summed E-state index contributed by atoms with van der Waals surface area (Å²) in [5.41, 5.74) is 0.925. The zero-order chi connectivity index (χ0) is 11.2. The first-order valence-electron chi connectivity index (χ1n) is 5.90. The quantitative estimate of drug-likeness (QED) is 0.801. The van der Waals surface area contributed by atoms with Crippen molar-refractivity contribution in [1.29, 1.82) is 0 Å². The van der Waals surface area contributed by atoms with Crippen LogP contribution in [-0.4, -0.2) is 17.5 Å². The molecular weight excluding hydrogens is 200 g/mol. The SMILES string of the molecule is Oc1ccccc1CNC1=NCCCCC1. The molecule has 1 aromatic carbocycles. The number of phenols is 1. The fraction of sp³-hybridized carbons (Fsp3) is 0.462. The van der Waals surface area contributed by atoms with Gasteiger partial charge in [-0.2, -0.15) is 0 Å². The number of aromatic hydroxyl groups is 1. The van der Waals surface area contributed by atoms with Crippen molar-refractivity contribution in [3.63, 3.8) is 0 Å². The molecule has 1 heterocycles. The summed E-state index contributed by atoms with van der Waals surface area (Å²) >= 11 is 0. The lowest BCUT2D eigenvalue weighted by Crippen LogP contribution is -2.22. The van der Waals surface area contributed by atoms with E-state index in [1.165, 1.54) is 19.3 Å². The third kappa shape index (κ3) is 2.99. The molecule has 3 heteroatoms. The normalized spacial score (nSPS) is 16.4. The van der Waals surface area contributed by atoms with Gasteiger partial charge in [-0.25, -0.2) is 0 Å². The first-order chi connectivity index (χ1) is 7.86. The molecule has 1 aliphatic heterocycles. The molecule has 0 aliphatic carbocycles. The first kappa shape index (κ1) is 11.0. The number of phenolic OH excluding ortho intramolecular Hbond substituents is 1. The Balaban J connectivity index is 1.91. The lowest BCUT2D eigenvalue weighted by Gasteiger charge is -2.09. The minimum absolute atomic E-state index is 0.351. The zero-order valence-corrected chi connectivity index (χ0v) is 9.45. The summed E-state index contributed by atoms with van der Waals surface area (Å²) < 4.78 is 0. The highest BCUT2D eigenvalue weighted by molar-refractivity contribution is 5.82. The summed E-state index contributed by atoms with van der Waals surface area (Å²) in [6, 6.07) is 7.42. The van der Waals surface area contributed by atoms with Crippen molar-refractivity contribution < 1.29 is 5.11 Å². The number of hydrogen-bond donors (Lipinski definition) is 2. The largest absolute Gasteiger partial charge is 0.508 e. The number of nitrogens with zero attached hydrogens (tertiary/aromatic N) is 1. The Morgan fingerprint density at radius 3 is 2.94 bits per heavy atom. The minimum atomic E-state index is 0.351. The molecule has 0 aromatic heterocycles. The summed E-state index contributed by atoms with van der Waals surface area (Å²) in [4.78, 5) is 4.49. The van der Waals surface area contributed by atoms with Gasteiger partial charge in [-0.15, -0.1) is 0 Å². The monoisotopic (exact) mass is 218 g/mol. The van der Waals surface area contributed by atoms with E-state index in [2.05, 4.69) is 10.3 Å². The maximum Gasteiger partial charge on any atom is 0.120 e. The summed E-state index contributed by atoms with van der Waals surface area (Å²) in [6.45, 7) is 1.59. The standard InChI is InChI=1S/C13H18N2O/c16-12-7-4-3-6-11(12)10-15-13-8-2-1-5-9-14-13/h3-4,6-7,16H,1-2,5,8-10H2,(H,14,15). The molecular formula is C13H18N2O. The second-order valence-electron chi connectivity index (χ2n) is 4.12. The van der Waals surface area contributed by atoms with Gasteiger partial charge in [0.25, 0.3) is 0 Å². The van der Waals surface area contributed by atoms with E-state index >= 15 is 0 Å². The van der Waals surface area contributed by atoms with E-state index < -0.39 is 0 Å². The van der Waals surface area contributed by atoms with E-state index in [0.29, 0.717) is 12.3 Å². The summed E-state index contributed by atoms with van der Waals surface area (Å²) in [6.07, 6.45) is 4.72. The Morgan fingerprint density at radius 2 is 2.06 bits per heavy atom. The zero-order valence-electron chi connectivity index (χ0n) is 9.45. The second kappa shape index (κ2) is 5.54. The minimum Gasteiger partial charge on any atom is -0.508 e. The van der Waals surface area contributed by atoms with Crippen LogP contribution in [0.25, 0.3) is 0 Å². The fourth-order valence-corrected chi connectivity index (χ4v) is 1.88. The van der Waals surface area contributed by atoms with Crippen molar-refractivity contribution >= 4 is 5.84 Å². The number of rotatable bonds is 2. The van der Waals surface area contributed by atoms with Crippen molar-refractivity contribution in [3.8, 4) is 5.75 Å².